The summed E-state index contributed by atoms with van der Waals surface area (Å²) in [6.07, 6.45) is 1.58. The SMILES string of the molecule is CCCc1c(C(=O)O)nnn1CCN(C)C. The van der Waals surface area contributed by atoms with Gasteiger partial charge in [-0.15, -0.1) is 5.10 Å². The normalized spacial score (nSPS) is 11.0. The summed E-state index contributed by atoms with van der Waals surface area (Å²) in [7, 11) is 3.93. The number of hydrogen-bond donors (Lipinski definition) is 1. The average molecular weight is 226 g/mol. The van der Waals surface area contributed by atoms with E-state index in [9.17, 15) is 4.79 Å². The van der Waals surface area contributed by atoms with Crippen molar-refractivity contribution >= 4 is 5.97 Å². The van der Waals surface area contributed by atoms with Crippen molar-refractivity contribution in [3.05, 3.63) is 11.4 Å². The molecule has 0 fully saturated rings. The standard InChI is InChI=1S/C10H18N4O2/c1-4-5-8-9(10(15)16)11-12-14(8)7-6-13(2)3/h4-7H2,1-3H3,(H,15,16). The second-order valence-electron chi connectivity index (χ2n) is 3.97. The molecule has 1 aromatic heterocycles. The molecule has 0 spiro atoms. The van der Waals surface area contributed by atoms with E-state index in [0.29, 0.717) is 13.0 Å². The topological polar surface area (TPSA) is 71.2 Å². The minimum absolute atomic E-state index is 0.0839. The maximum atomic E-state index is 10.9. The van der Waals surface area contributed by atoms with Crippen molar-refractivity contribution in [3.63, 3.8) is 0 Å². The summed E-state index contributed by atoms with van der Waals surface area (Å²) in [4.78, 5) is 12.9. The number of aromatic carboxylic acids is 1. The Kier molecular flexibility index (Phi) is 4.42. The Bertz CT molecular complexity index is 360. The van der Waals surface area contributed by atoms with Crippen molar-refractivity contribution in [1.82, 2.24) is 19.9 Å². The van der Waals surface area contributed by atoms with Crippen LogP contribution in [0.3, 0.4) is 0 Å². The summed E-state index contributed by atoms with van der Waals surface area (Å²) in [5.41, 5.74) is 0.803. The first kappa shape index (κ1) is 12.6. The van der Waals surface area contributed by atoms with Crippen LogP contribution >= 0.6 is 0 Å². The number of carboxylic acids is 1. The van der Waals surface area contributed by atoms with E-state index in [1.807, 2.05) is 25.9 Å². The van der Waals surface area contributed by atoms with Gasteiger partial charge in [-0.2, -0.15) is 0 Å². The van der Waals surface area contributed by atoms with Crippen LogP contribution in [0.4, 0.5) is 0 Å². The summed E-state index contributed by atoms with van der Waals surface area (Å²) in [5, 5.41) is 16.6. The second kappa shape index (κ2) is 5.60. The molecule has 0 aliphatic rings. The van der Waals surface area contributed by atoms with Gasteiger partial charge in [0.2, 0.25) is 0 Å². The lowest BCUT2D eigenvalue weighted by molar-refractivity contribution is 0.0689. The molecule has 1 heterocycles. The van der Waals surface area contributed by atoms with Gasteiger partial charge in [0.15, 0.2) is 5.69 Å². The smallest absolute Gasteiger partial charge is 0.358 e. The van der Waals surface area contributed by atoms with Gasteiger partial charge in [-0.1, -0.05) is 18.6 Å². The molecule has 0 aliphatic carbocycles. The molecule has 0 amide bonds. The van der Waals surface area contributed by atoms with E-state index in [1.54, 1.807) is 4.68 Å². The van der Waals surface area contributed by atoms with Gasteiger partial charge in [0.05, 0.1) is 12.2 Å². The van der Waals surface area contributed by atoms with E-state index >= 15 is 0 Å². The molecular formula is C10H18N4O2. The van der Waals surface area contributed by atoms with Gasteiger partial charge in [-0.25, -0.2) is 9.48 Å². The largest absolute Gasteiger partial charge is 0.476 e. The van der Waals surface area contributed by atoms with Crippen molar-refractivity contribution in [3.8, 4) is 0 Å². The Labute approximate surface area is 94.9 Å². The number of hydrogen-bond acceptors (Lipinski definition) is 4. The lowest BCUT2D eigenvalue weighted by Crippen LogP contribution is -2.20. The molecule has 0 radical (unpaired) electrons. The summed E-state index contributed by atoms with van der Waals surface area (Å²) < 4.78 is 1.69. The molecule has 16 heavy (non-hydrogen) atoms. The first-order chi connectivity index (χ1) is 7.56. The Morgan fingerprint density at radius 2 is 2.19 bits per heavy atom. The quantitative estimate of drug-likeness (QED) is 0.764. The van der Waals surface area contributed by atoms with Crippen LogP contribution in [0.2, 0.25) is 0 Å². The summed E-state index contributed by atoms with van der Waals surface area (Å²) in [6.45, 7) is 3.50. The molecule has 1 N–H and O–H groups in total. The Morgan fingerprint density at radius 1 is 1.50 bits per heavy atom. The highest BCUT2D eigenvalue weighted by Gasteiger charge is 2.17. The maximum absolute atomic E-state index is 10.9. The van der Waals surface area contributed by atoms with Gasteiger partial charge >= 0.3 is 5.97 Å². The lowest BCUT2D eigenvalue weighted by Gasteiger charge is -2.10. The highest BCUT2D eigenvalue weighted by atomic mass is 16.4. The van der Waals surface area contributed by atoms with Crippen LogP contribution in [-0.4, -0.2) is 51.6 Å². The number of aromatic nitrogens is 3. The zero-order valence-electron chi connectivity index (χ0n) is 9.97. The first-order valence-electron chi connectivity index (χ1n) is 5.36. The number of nitrogens with zero attached hydrogens (tertiary/aromatic N) is 4. The van der Waals surface area contributed by atoms with Gasteiger partial charge < -0.3 is 10.0 Å². The third-order valence-corrected chi connectivity index (χ3v) is 2.29. The van der Waals surface area contributed by atoms with E-state index in [1.165, 1.54) is 0 Å². The van der Waals surface area contributed by atoms with Crippen LogP contribution < -0.4 is 0 Å². The first-order valence-corrected chi connectivity index (χ1v) is 5.36. The van der Waals surface area contributed by atoms with E-state index < -0.39 is 5.97 Å². The summed E-state index contributed by atoms with van der Waals surface area (Å²) >= 11 is 0. The third kappa shape index (κ3) is 3.03. The van der Waals surface area contributed by atoms with Crippen molar-refractivity contribution in [2.75, 3.05) is 20.6 Å². The fourth-order valence-corrected chi connectivity index (χ4v) is 1.46. The molecular weight excluding hydrogens is 208 g/mol. The Morgan fingerprint density at radius 3 is 2.69 bits per heavy atom. The number of carbonyl (C=O) groups is 1. The second-order valence-corrected chi connectivity index (χ2v) is 3.97. The van der Waals surface area contributed by atoms with Crippen LogP contribution in [0, 0.1) is 0 Å². The van der Waals surface area contributed by atoms with E-state index in [-0.39, 0.29) is 5.69 Å². The van der Waals surface area contributed by atoms with Crippen LogP contribution in [-0.2, 0) is 13.0 Å². The molecule has 0 atom stereocenters. The zero-order chi connectivity index (χ0) is 12.1. The summed E-state index contributed by atoms with van der Waals surface area (Å²) in [6, 6.07) is 0. The molecule has 0 saturated heterocycles. The fraction of sp³-hybridized carbons (Fsp3) is 0.700. The highest BCUT2D eigenvalue weighted by molar-refractivity contribution is 5.86. The molecule has 0 aromatic carbocycles. The predicted octanol–water partition coefficient (Wildman–Crippen LogP) is 0.490. The maximum Gasteiger partial charge on any atom is 0.358 e. The minimum atomic E-state index is -1.00. The number of rotatable bonds is 6. The van der Waals surface area contributed by atoms with Crippen molar-refractivity contribution in [2.24, 2.45) is 0 Å². The molecule has 1 rings (SSSR count). The van der Waals surface area contributed by atoms with E-state index in [2.05, 4.69) is 10.3 Å². The van der Waals surface area contributed by atoms with Crippen molar-refractivity contribution < 1.29 is 9.90 Å². The molecule has 6 nitrogen and oxygen atoms in total. The van der Waals surface area contributed by atoms with Gasteiger partial charge in [-0.3, -0.25) is 0 Å². The van der Waals surface area contributed by atoms with Gasteiger partial charge in [-0.05, 0) is 20.5 Å². The molecule has 90 valence electrons. The Hall–Kier alpha value is -1.43. The van der Waals surface area contributed by atoms with Crippen molar-refractivity contribution in [2.45, 2.75) is 26.3 Å². The summed E-state index contributed by atoms with van der Waals surface area (Å²) in [5.74, 6) is -1.00. The molecule has 1 aromatic rings. The van der Waals surface area contributed by atoms with E-state index in [0.717, 1.165) is 18.7 Å². The Balaban J connectivity index is 2.86. The van der Waals surface area contributed by atoms with Crippen LogP contribution in [0.15, 0.2) is 0 Å². The number of likely N-dealkylation sites (N-methyl/N-ethyl adjacent to an activating group) is 1. The van der Waals surface area contributed by atoms with Gasteiger partial charge in [0.25, 0.3) is 0 Å². The molecule has 0 bridgehead atoms. The zero-order valence-corrected chi connectivity index (χ0v) is 9.97. The lowest BCUT2D eigenvalue weighted by atomic mass is 10.2. The monoisotopic (exact) mass is 226 g/mol. The minimum Gasteiger partial charge on any atom is -0.476 e. The van der Waals surface area contributed by atoms with Gasteiger partial charge in [0.1, 0.15) is 0 Å². The third-order valence-electron chi connectivity index (χ3n) is 2.29. The van der Waals surface area contributed by atoms with Crippen LogP contribution in [0.5, 0.6) is 0 Å². The highest BCUT2D eigenvalue weighted by Crippen LogP contribution is 2.08. The van der Waals surface area contributed by atoms with Crippen LogP contribution in [0.1, 0.15) is 29.5 Å². The van der Waals surface area contributed by atoms with E-state index in [4.69, 9.17) is 5.11 Å². The molecule has 6 heteroatoms. The van der Waals surface area contributed by atoms with Gasteiger partial charge in [0, 0.05) is 6.54 Å². The number of carboxylic acid groups (broad SMARTS) is 1. The molecule has 0 aliphatic heterocycles. The molecule has 0 saturated carbocycles. The predicted molar refractivity (Wildman–Crippen MR) is 59.5 cm³/mol. The van der Waals surface area contributed by atoms with Crippen molar-refractivity contribution in [1.29, 1.82) is 0 Å². The average Bonchev–Trinajstić information content (AvgIpc) is 2.59. The molecule has 0 unspecified atom stereocenters. The fourth-order valence-electron chi connectivity index (χ4n) is 1.46. The van der Waals surface area contributed by atoms with Crippen LogP contribution in [0.25, 0.3) is 0 Å².